The fourth-order valence-electron chi connectivity index (χ4n) is 40.3. The number of carbonyl (C=O) groups is 13. The third-order valence-electron chi connectivity index (χ3n) is 47.1. The second-order valence-electron chi connectivity index (χ2n) is 52.0. The van der Waals surface area contributed by atoms with Gasteiger partial charge in [0.25, 0.3) is 12.9 Å². The summed E-state index contributed by atoms with van der Waals surface area (Å²) in [5.41, 5.74) is 3.17. The third-order valence-corrected chi connectivity index (χ3v) is 52.0. The number of carbonyl (C=O) groups excluding carboxylic acids is 13. The normalized spacial score (nSPS) is 48.5. The van der Waals surface area contributed by atoms with Gasteiger partial charge in [0.1, 0.15) is 51.0 Å². The number of halogens is 3. The fourth-order valence-corrected chi connectivity index (χ4v) is 43.9. The molecule has 26 nitrogen and oxygen atoms in total. The summed E-state index contributed by atoms with van der Waals surface area (Å²) in [5, 5.41) is 30.9. The van der Waals surface area contributed by atoms with Crippen molar-refractivity contribution < 1.29 is 177 Å². The number of alkyl halides is 3. The smallest absolute Gasteiger partial charge is 0.870 e. The van der Waals surface area contributed by atoms with Gasteiger partial charge in [-0.25, -0.2) is 0 Å². The number of rotatable bonds is 18. The topological polar surface area (TPSA) is 396 Å². The number of ketones is 7. The van der Waals surface area contributed by atoms with Crippen LogP contribution in [0.5, 0.6) is 0 Å². The Hall–Kier alpha value is -3.21. The number of fused-ring (bicyclic) bond motifs is 19. The quantitative estimate of drug-likeness (QED) is 0.0286. The van der Waals surface area contributed by atoms with Gasteiger partial charge in [0.15, 0.2) is 34.7 Å². The number of ether oxygens (including phenoxy) is 9. The molecule has 3 saturated heterocycles. The molecule has 3 aliphatic heterocycles. The number of Topliss-reactive ketones (excluding diaryl/α,β-unsaturated/α-hetero) is 6. The van der Waals surface area contributed by atoms with Crippen LogP contribution in [0, 0.1) is 173 Å². The predicted molar refractivity (Wildman–Crippen MR) is 539 cm³/mol. The number of allylic oxidation sites excluding steroid dienone is 1. The molecule has 16 unspecified atom stereocenters. The second kappa shape index (κ2) is 42.4. The largest absolute Gasteiger partial charge is 1.00 e. The van der Waals surface area contributed by atoms with Gasteiger partial charge in [0.2, 0.25) is 0 Å². The Morgan fingerprint density at radius 1 is 0.421 bits per heavy atom. The summed E-state index contributed by atoms with van der Waals surface area (Å²) >= 11 is 12.2. The maximum Gasteiger partial charge on any atom is 1.00 e. The van der Waals surface area contributed by atoms with Gasteiger partial charge in [-0.05, 0) is 357 Å². The van der Waals surface area contributed by atoms with Gasteiger partial charge >= 0.3 is 75.3 Å². The minimum atomic E-state index is -0.519. The van der Waals surface area contributed by atoms with Gasteiger partial charge in [0, 0.05) is 106 Å². The van der Waals surface area contributed by atoms with E-state index in [1.807, 2.05) is 6.08 Å². The van der Waals surface area contributed by atoms with Crippen LogP contribution in [0.15, 0.2) is 23.3 Å². The first kappa shape index (κ1) is 113. The Kier molecular flexibility index (Phi) is 33.0. The molecule has 0 amide bonds. The van der Waals surface area contributed by atoms with Gasteiger partial charge in [-0.2, -0.15) is 0 Å². The molecule has 30 heteroatoms. The zero-order valence-electron chi connectivity index (χ0n) is 88.0. The number of hydrogen-bond acceptors (Lipinski definition) is 26. The van der Waals surface area contributed by atoms with Crippen LogP contribution < -0.4 is 51.4 Å². The molecule has 23 aliphatic rings. The van der Waals surface area contributed by atoms with E-state index in [0.717, 1.165) is 232 Å². The molecule has 0 aromatic heterocycles. The molecular formula is C115H162Br3KO26. The van der Waals surface area contributed by atoms with Crippen molar-refractivity contribution in [3.05, 3.63) is 23.3 Å². The number of aliphatic hydroxyl groups excluding tert-OH is 3. The SMILES string of the molecule is CC(=O)OCC(=O)[C@H]1CCC2C3CC=C4C[C@@H](O)CC[C@]4(C)C3CC[C@@]21C.CC(=O)OCC(=O)[C@H]1CCC2C3C[C@@H](O)[C@@]4(Br)C[C@@H](OC=O)CC[C@]4(C)C3CC[C@@]21C.CC(=O)OCC(=O)[C@H]1CCC2C3C[C@H]4OC[C@@]5(CCC(=O)C[C@]45Br)C3CC[C@@]21C.CC(=O)OCC(=O)[C@H]1CCC2C3C[C@H]4OC[C@@]5(CCC(OC=O)C[C@]45Br)C3CC[C@@]21C.C[C@]12CCC3C(C[C@H]4OC[C@@]35CCC(=O)C=C45)C1CC[C@@H]2C(=O)CO.[K+].[OH-]. The monoisotopic (exact) mass is 2230 g/mol. The molecule has 0 radical (unpaired) electrons. The molecular weight excluding hydrogens is 2080 g/mol. The van der Waals surface area contributed by atoms with Crippen molar-refractivity contribution in [2.24, 2.45) is 173 Å². The van der Waals surface area contributed by atoms with E-state index in [1.165, 1.54) is 45.3 Å². The molecule has 145 heavy (non-hydrogen) atoms. The minimum absolute atomic E-state index is 0. The van der Waals surface area contributed by atoms with Crippen LogP contribution >= 0.6 is 47.8 Å². The Morgan fingerprint density at radius 3 is 1.29 bits per heavy atom. The molecule has 20 aliphatic carbocycles. The molecule has 23 rings (SSSR count). The number of esters is 4. The van der Waals surface area contributed by atoms with E-state index in [1.54, 1.807) is 0 Å². The number of aliphatic hydroxyl groups is 3. The van der Waals surface area contributed by atoms with Crippen LogP contribution in [-0.4, -0.2) is 207 Å². The van der Waals surface area contributed by atoms with Crippen LogP contribution in [0.4, 0.5) is 0 Å². The van der Waals surface area contributed by atoms with Crippen molar-refractivity contribution in [3.8, 4) is 0 Å². The van der Waals surface area contributed by atoms with Gasteiger partial charge in [-0.1, -0.05) is 108 Å². The van der Waals surface area contributed by atoms with Crippen molar-refractivity contribution in [1.29, 1.82) is 0 Å². The average molecular weight is 2240 g/mol. The molecule has 21 fully saturated rings. The van der Waals surface area contributed by atoms with Crippen molar-refractivity contribution in [2.75, 3.05) is 52.9 Å². The molecule has 4 N–H and O–H groups in total. The van der Waals surface area contributed by atoms with Crippen molar-refractivity contribution in [3.63, 3.8) is 0 Å². The first-order chi connectivity index (χ1) is 67.8. The summed E-state index contributed by atoms with van der Waals surface area (Å²) < 4.78 is 49.1. The van der Waals surface area contributed by atoms with Crippen LogP contribution in [-0.2, 0) is 105 Å². The van der Waals surface area contributed by atoms with E-state index in [2.05, 4.69) is 102 Å². The summed E-state index contributed by atoms with van der Waals surface area (Å²) in [7, 11) is 0. The molecule has 0 aromatic rings. The molecule has 18 saturated carbocycles. The van der Waals surface area contributed by atoms with Gasteiger partial charge < -0.3 is 63.4 Å². The average Bonchev–Trinajstić information content (AvgIpc) is 1.53. The van der Waals surface area contributed by atoms with E-state index in [0.29, 0.717) is 140 Å². The maximum atomic E-state index is 12.9. The predicted octanol–water partition coefficient (Wildman–Crippen LogP) is 15.1. The van der Waals surface area contributed by atoms with E-state index >= 15 is 0 Å². The van der Waals surface area contributed by atoms with Gasteiger partial charge in [-0.3, -0.25) is 62.3 Å². The molecule has 6 bridgehead atoms. The maximum absolute atomic E-state index is 12.9. The summed E-state index contributed by atoms with van der Waals surface area (Å²) in [5.74, 6) is 7.66. The van der Waals surface area contributed by atoms with Crippen molar-refractivity contribution in [1.82, 2.24) is 0 Å². The van der Waals surface area contributed by atoms with E-state index in [4.69, 9.17) is 42.6 Å². The molecule has 40 atom stereocenters. The summed E-state index contributed by atoms with van der Waals surface area (Å²) in [6, 6.07) is 0. The Balaban J connectivity index is 0.000000124. The first-order valence-corrected chi connectivity index (χ1v) is 57.9. The summed E-state index contributed by atoms with van der Waals surface area (Å²) in [4.78, 5) is 155. The zero-order chi connectivity index (χ0) is 102. The standard InChI is InChI=1S/C24H33BrO6.C24H35BrO6.C23H31BrO5.C23H34O4.C21H28O4.K.H2O/c1-14(27)29-11-20(28)19-4-3-17-16-9-21-24(25)10-15(31-13-26)5-8-23(24,12-30-21)18(16)6-7-22(17,19)2;1-14(27)30-12-20(28)19-5-4-17-16-10-21(29)24(25)11-15(31-13-26)6-9-23(24,3)18(16)7-8-22(17,19)2;1-13(25)28-11-19(27)18-4-3-16-15-9-20-23(24)10-14(26)5-8-22(23,12-29-20)17(15)6-7-21(16,18)2;1-14(24)27-13-21(26)20-7-6-18-17-5-4-15-12-16(25)8-10-22(15,2)19(17)9-11-23(18,20)3;1-20-6-5-15-13(14(20)2-3-16(20)18(24)10-22)9-19-17-8-12(23)4-7-21(15,17)11-25-19;;/h13,15-19,21H,3-12H2,1-2H3;13,15-19,21,29H,4-12H2,1-3H3;15-18,20H,3-12H2,1-2H3;4,16-20,25H,5-13H2,1-3H3;8,13-16,19,22H,2-7,9-11H2,1H3;;1H2/q;;;;;+1;/p-1/t15?,16?,17?,18?,19-,21-,22+,23+,24+;15-,16?,17?,18?,19+,21+,22-,23+,24-;15?,16?,17?,18-,20-,21+,22+,23+;16-,17?,18?,19?,20+,22-,23-;13?,14?,15?,16-,19-,20+,21+;;/m10101../s1. The third kappa shape index (κ3) is 18.5. The van der Waals surface area contributed by atoms with Crippen LogP contribution in [0.25, 0.3) is 0 Å². The Morgan fingerprint density at radius 2 is 0.828 bits per heavy atom. The Labute approximate surface area is 924 Å². The van der Waals surface area contributed by atoms with Crippen LogP contribution in [0.2, 0.25) is 0 Å². The molecule has 800 valence electrons. The van der Waals surface area contributed by atoms with Gasteiger partial charge in [-0.15, -0.1) is 0 Å². The Bertz CT molecular complexity index is 5000. The van der Waals surface area contributed by atoms with Crippen LogP contribution in [0.1, 0.15) is 327 Å². The molecule has 3 heterocycles. The van der Waals surface area contributed by atoms with Crippen molar-refractivity contribution in [2.45, 2.75) is 382 Å². The number of hydrogen-bond donors (Lipinski definition) is 3. The zero-order valence-corrected chi connectivity index (χ0v) is 95.9. The molecule has 0 aromatic carbocycles. The van der Waals surface area contributed by atoms with E-state index < -0.39 is 16.4 Å². The van der Waals surface area contributed by atoms with Crippen molar-refractivity contribution >= 4 is 125 Å². The first-order valence-electron chi connectivity index (χ1n) is 55.5. The fraction of sp³-hybridized carbons (Fsp3) is 0.852. The summed E-state index contributed by atoms with van der Waals surface area (Å²) in [6.45, 7) is 24.4. The molecule has 0 spiro atoms. The second-order valence-corrected chi connectivity index (χ2v) is 56.2. The van der Waals surface area contributed by atoms with Gasteiger partial charge in [0.05, 0.1) is 63.3 Å². The van der Waals surface area contributed by atoms with Crippen LogP contribution in [0.3, 0.4) is 0 Å². The van der Waals surface area contributed by atoms with E-state index in [-0.39, 0.29) is 272 Å². The minimum Gasteiger partial charge on any atom is -0.870 e. The van der Waals surface area contributed by atoms with E-state index in [9.17, 15) is 77.6 Å². The summed E-state index contributed by atoms with van der Waals surface area (Å²) in [6.07, 6.45) is 41.2.